The molecule has 8 aliphatic rings. The van der Waals surface area contributed by atoms with Gasteiger partial charge in [0.05, 0.1) is 126 Å². The molecule has 4 saturated heterocycles. The van der Waals surface area contributed by atoms with Gasteiger partial charge in [0.2, 0.25) is 23.6 Å². The molecular weight excluding hydrogens is 1850 g/mol. The Morgan fingerprint density at radius 3 is 0.877 bits per heavy atom. The first-order valence-electron chi connectivity index (χ1n) is 49.6. The fraction of sp³-hybridized carbons (Fsp3) is 0.708. The average molecular weight is 2000 g/mol. The number of nitrogens with one attached hydrogen (secondary N) is 8. The highest BCUT2D eigenvalue weighted by Gasteiger charge is 2.44. The van der Waals surface area contributed by atoms with Gasteiger partial charge in [-0.25, -0.2) is 20.0 Å². The zero-order chi connectivity index (χ0) is 98.8. The smallest absolute Gasteiger partial charge is 0.306 e. The maximum absolute atomic E-state index is 13.4. The molecule has 4 fully saturated rings. The summed E-state index contributed by atoms with van der Waals surface area (Å²) in [5.74, 6) is 0.684. The Morgan fingerprint density at radius 1 is 0.319 bits per heavy atom. The highest BCUT2D eigenvalue weighted by Crippen LogP contribution is 2.40. The van der Waals surface area contributed by atoms with Gasteiger partial charge in [-0.3, -0.25) is 57.5 Å². The molecule has 22 N–H and O–H groups in total. The number of nitrogens with zero attached hydrogens (tertiary/aromatic N) is 4. The van der Waals surface area contributed by atoms with E-state index in [9.17, 15) is 67.7 Å². The van der Waals surface area contributed by atoms with Crippen molar-refractivity contribution in [3.05, 3.63) is 47.5 Å². The molecule has 768 valence electrons. The summed E-state index contributed by atoms with van der Waals surface area (Å²) in [5.41, 5.74) is 36.1. The van der Waals surface area contributed by atoms with Crippen molar-refractivity contribution in [1.29, 1.82) is 0 Å². The number of aliphatic imine (C=N–C) groups is 4. The molecule has 0 spiro atoms. The predicted octanol–water partition coefficient (Wildman–Crippen LogP) is 8.31. The Bertz CT molecular complexity index is 4160. The minimum Gasteiger partial charge on any atom is -0.481 e. The number of rotatable bonds is 74. The Morgan fingerprint density at radius 2 is 0.580 bits per heavy atom. The van der Waals surface area contributed by atoms with Gasteiger partial charge in [0.25, 0.3) is 0 Å². The van der Waals surface area contributed by atoms with Crippen LogP contribution < -0.4 is 76.9 Å². The number of aliphatic carboxylic acids is 2. The summed E-state index contributed by atoms with van der Waals surface area (Å²) in [6, 6.07) is 11.4. The molecule has 38 nitrogen and oxygen atoms in total. The second-order valence-corrected chi connectivity index (χ2v) is 41.5. The van der Waals surface area contributed by atoms with Crippen molar-refractivity contribution >= 4 is 164 Å². The van der Waals surface area contributed by atoms with Gasteiger partial charge in [-0.2, -0.15) is 47.0 Å². The average Bonchev–Trinajstić information content (AvgIpc) is 1.68. The van der Waals surface area contributed by atoms with Crippen LogP contribution >= 0.6 is 47.0 Å². The van der Waals surface area contributed by atoms with E-state index < -0.39 is 23.8 Å². The van der Waals surface area contributed by atoms with Crippen molar-refractivity contribution in [2.24, 2.45) is 66.2 Å². The molecule has 14 atom stereocenters. The minimum atomic E-state index is -1.04. The van der Waals surface area contributed by atoms with Gasteiger partial charge in [0, 0.05) is 194 Å². The van der Waals surface area contributed by atoms with Crippen LogP contribution in [0.5, 0.6) is 0 Å². The Kier molecular flexibility index (Phi) is 51.9. The highest BCUT2D eigenvalue weighted by molar-refractivity contribution is 8.01. The number of carboxylic acids is 2. The van der Waals surface area contributed by atoms with Gasteiger partial charge in [-0.15, -0.1) is 0 Å². The van der Waals surface area contributed by atoms with Crippen molar-refractivity contribution in [1.82, 2.24) is 21.3 Å². The molecule has 8 aliphatic heterocycles. The number of carbonyl (C=O) groups excluding carboxylic acids is 10. The van der Waals surface area contributed by atoms with Crippen LogP contribution in [-0.2, 0) is 76.4 Å². The van der Waals surface area contributed by atoms with Gasteiger partial charge in [0.15, 0.2) is 35.4 Å². The highest BCUT2D eigenvalue weighted by atomic mass is 32.2. The summed E-state index contributed by atoms with van der Waals surface area (Å²) < 4.78 is 33.1. The van der Waals surface area contributed by atoms with Crippen molar-refractivity contribution in [3.63, 3.8) is 0 Å². The fourth-order valence-corrected chi connectivity index (χ4v) is 24.0. The molecule has 0 radical (unpaired) electrons. The summed E-state index contributed by atoms with van der Waals surface area (Å²) in [6.07, 6.45) is 17.8. The lowest BCUT2D eigenvalue weighted by atomic mass is 9.93. The number of guanidine groups is 4. The van der Waals surface area contributed by atoms with Crippen LogP contribution in [0.3, 0.4) is 0 Å². The quantitative estimate of drug-likeness (QED) is 0.0218. The summed E-state index contributed by atoms with van der Waals surface area (Å²) in [5, 5.41) is 45.5. The van der Waals surface area contributed by atoms with Crippen LogP contribution in [0, 0.1) is 11.8 Å². The molecule has 10 rings (SSSR count). The molecular formula is C96H150N18O20S4. The molecule has 2 aromatic rings. The molecule has 0 bridgehead atoms. The van der Waals surface area contributed by atoms with E-state index in [0.717, 1.165) is 87.2 Å². The third-order valence-corrected chi connectivity index (χ3v) is 31.2. The number of thioether (sulfide) groups is 4. The zero-order valence-corrected chi connectivity index (χ0v) is 83.1. The number of hydrogen-bond acceptors (Lipinski definition) is 36. The van der Waals surface area contributed by atoms with E-state index in [-0.39, 0.29) is 189 Å². The summed E-state index contributed by atoms with van der Waals surface area (Å²) in [4.78, 5) is 171. The number of ketones is 6. The van der Waals surface area contributed by atoms with Gasteiger partial charge in [0.1, 0.15) is 23.1 Å². The Hall–Kier alpha value is -8.56. The number of Topliss-reactive ketones (excluding diaryl/α,β-unsaturated/α-hetero) is 6. The molecule has 0 unspecified atom stereocenters. The van der Waals surface area contributed by atoms with E-state index >= 15 is 0 Å². The molecule has 42 heteroatoms. The number of carboxylic acid groups (broad SMARTS) is 2. The molecule has 8 heterocycles. The van der Waals surface area contributed by atoms with Gasteiger partial charge >= 0.3 is 11.9 Å². The molecule has 4 amide bonds. The first-order valence-corrected chi connectivity index (χ1v) is 53.8. The lowest BCUT2D eigenvalue weighted by Crippen LogP contribution is -2.38. The van der Waals surface area contributed by atoms with Crippen LogP contribution in [0.25, 0.3) is 0 Å². The van der Waals surface area contributed by atoms with E-state index in [0.29, 0.717) is 256 Å². The number of fused-ring (bicyclic) bond motifs is 4. The topological polar surface area (TPSA) is 602 Å². The number of carbonyl (C=O) groups is 12. The van der Waals surface area contributed by atoms with Crippen LogP contribution in [0.2, 0.25) is 0 Å². The van der Waals surface area contributed by atoms with E-state index in [1.807, 2.05) is 47.0 Å². The second-order valence-electron chi connectivity index (χ2n) is 36.4. The molecule has 0 aliphatic carbocycles. The van der Waals surface area contributed by atoms with Crippen molar-refractivity contribution < 1.29 is 96.2 Å². The van der Waals surface area contributed by atoms with Crippen LogP contribution in [0.15, 0.2) is 56.4 Å². The number of ether oxygens (including phenoxy) is 6. The maximum atomic E-state index is 13.4. The van der Waals surface area contributed by atoms with Crippen molar-refractivity contribution in [3.8, 4) is 0 Å². The molecule has 0 aromatic heterocycles. The Labute approximate surface area is 827 Å². The fourth-order valence-electron chi connectivity index (χ4n) is 18.0. The first kappa shape index (κ1) is 113. The number of amides is 4. The number of nitrogens with two attached hydrogens (primary N) is 6. The minimum absolute atomic E-state index is 0.0582. The molecule has 2 aromatic carbocycles. The van der Waals surface area contributed by atoms with Gasteiger partial charge in [-0.1, -0.05) is 38.5 Å². The first-order chi connectivity index (χ1) is 66.8. The third kappa shape index (κ3) is 42.3. The zero-order valence-electron chi connectivity index (χ0n) is 79.9. The summed E-state index contributed by atoms with van der Waals surface area (Å²) >= 11 is 7.59. The number of benzene rings is 2. The van der Waals surface area contributed by atoms with E-state index in [1.54, 1.807) is 36.4 Å². The number of hydrogen-bond donors (Lipinski definition) is 16. The predicted molar refractivity (Wildman–Crippen MR) is 542 cm³/mol. The number of unbranched alkanes of at least 4 members (excludes halogenated alkanes) is 6. The van der Waals surface area contributed by atoms with E-state index in [2.05, 4.69) is 62.5 Å². The van der Waals surface area contributed by atoms with Crippen molar-refractivity contribution in [2.75, 3.05) is 137 Å². The van der Waals surface area contributed by atoms with Crippen LogP contribution in [0.4, 0.5) is 22.7 Å². The summed E-state index contributed by atoms with van der Waals surface area (Å²) in [7, 11) is 0. The molecule has 0 saturated carbocycles. The Balaban J connectivity index is 0.000000310. The second kappa shape index (κ2) is 63.4. The van der Waals surface area contributed by atoms with Crippen LogP contribution in [-0.4, -0.2) is 289 Å². The largest absolute Gasteiger partial charge is 0.481 e. The van der Waals surface area contributed by atoms with Gasteiger partial charge < -0.3 is 116 Å². The SMILES string of the molecule is NCCOCCOCCCC(=O)c1cc(NC(=O)CCCC[C@H](CC(=O)CCCC[C@@H]2SC[C@@H]3NC(N)=N[C@@H]32)C(=O)O)cc(NC(=O)CCCC[C@H](CC(=O)CCCC[C@@H]2SC[C@@H]3NC(N)=N[C@@H]32)C(=O)O)c1.NCCOCCOCCCC(=O)c1cc(NC(=O)CCOCCCC(=O)CCCC[C@@H]2SC[C@@H]3NC(N)=N[C@@H]32)cc(NC(=O)CCOCCCC(=O)CCCC[C@@H]2SC[C@@H]3NC(N)=N[C@@H]32)c1. The lowest BCUT2D eigenvalue weighted by Gasteiger charge is -2.15. The van der Waals surface area contributed by atoms with E-state index in [4.69, 9.17) is 62.8 Å². The standard InChI is InChI=1S/C50H77N9O11S2.C46H73N9O9S2/c51-19-21-70-23-22-69-20-9-14-40(62)33-24-34(54-43(63)17-7-1-10-31(47(65)66)26-36(60)12-3-5-15-41-45-38(29-71-41)56-49(52)58-45)28-35(25-33)55-44(64)18-8-2-11-32(48(67)68)27-37(61)13-4-6-16-42-46-39(30-72-42)57-50(53)59-46;47-17-23-64-25-24-63-20-7-12-38(58)31-26-32(50-41(59)15-21-61-18-5-10-34(56)8-1-3-13-39-43-36(29-65-39)52-45(48)54-43)28-33(27-31)51-42(60)16-22-62-19-6-11-35(57)9-2-4-14-40-44-37(30-66-40)53-46(49)55-44/h24-25,28,31-32,38-39,41-42,45-46H,1-23,26-27,29-30,51H2,(H,54,63)(H,55,64)(H,65,66)(H,67,68)(H3,52,56,58)(H3,53,57,59);26-28,36-37,39-40,43-44H,1-25,29-30,47H2,(H,50,59)(H,51,60)(H3,48,52,54)(H3,49,53,55)/t31-,32-,38+,39+,41+,42+,45+,46+;36-,37-,39-,40-,43-,44-/m10/s1. The lowest BCUT2D eigenvalue weighted by molar-refractivity contribution is -0.144. The maximum Gasteiger partial charge on any atom is 0.306 e. The van der Waals surface area contributed by atoms with Crippen molar-refractivity contribution in [2.45, 2.75) is 300 Å². The molecule has 138 heavy (non-hydrogen) atoms. The third-order valence-electron chi connectivity index (χ3n) is 25.2. The number of anilines is 4. The normalized spacial score (nSPS) is 21.6. The van der Waals surface area contributed by atoms with Gasteiger partial charge in [-0.05, 0) is 139 Å². The van der Waals surface area contributed by atoms with Crippen LogP contribution in [0.1, 0.15) is 252 Å². The summed E-state index contributed by atoms with van der Waals surface area (Å²) in [6.45, 7) is 5.06. The monoisotopic (exact) mass is 2000 g/mol. The van der Waals surface area contributed by atoms with E-state index in [1.165, 1.54) is 0 Å².